The van der Waals surface area contributed by atoms with Gasteiger partial charge in [-0.1, -0.05) is 152 Å². The highest BCUT2D eigenvalue weighted by Crippen LogP contribution is 2.42. The Hall–Kier alpha value is -7.50. The molecule has 2 aromatic heterocycles. The molecule has 8 aromatic carbocycles. The van der Waals surface area contributed by atoms with Gasteiger partial charge >= 0.3 is 0 Å². The lowest BCUT2D eigenvalue weighted by molar-refractivity contribution is 0.662. The first-order valence-corrected chi connectivity index (χ1v) is 18.9. The summed E-state index contributed by atoms with van der Waals surface area (Å²) in [6, 6.07) is 68.1. The molecule has 0 radical (unpaired) electrons. The van der Waals surface area contributed by atoms with Crippen molar-refractivity contribution in [1.82, 2.24) is 9.88 Å². The summed E-state index contributed by atoms with van der Waals surface area (Å²) in [7, 11) is 0. The molecule has 5 heteroatoms. The summed E-state index contributed by atoms with van der Waals surface area (Å²) in [5.41, 5.74) is 12.5. The van der Waals surface area contributed by atoms with Crippen LogP contribution in [0.2, 0.25) is 0 Å². The molecule has 1 N–H and O–H groups in total. The van der Waals surface area contributed by atoms with E-state index >= 15 is 0 Å². The standard InChI is InChI=1S/C51H34N4O/c1-5-16-33(17-6-1)37-30-38(34-18-7-2-8-19-34)32-39(31-37)55-44-27-14-13-24-42(44)46-45(55)29-28-41-40-25-15-26-43(47(40)56-48(41)46)51-53-49(35-20-9-3-10-21-35)52-50(54-51)36-22-11-4-12-23-36/h1-32,49H,(H,52,53,54). The van der Waals surface area contributed by atoms with Crippen molar-refractivity contribution in [2.24, 2.45) is 9.98 Å². The number of nitrogens with zero attached hydrogens (tertiary/aromatic N) is 3. The van der Waals surface area contributed by atoms with E-state index in [1.165, 1.54) is 11.1 Å². The fourth-order valence-electron chi connectivity index (χ4n) is 8.22. The SMILES string of the molecule is c1ccc(C2=NC(c3ccccc3)NC(c3cccc4c3oc3c4ccc4c3c3ccccc3n4-c3cc(-c4ccccc4)cc(-c4ccccc4)c3)=N2)cc1. The Morgan fingerprint density at radius 3 is 1.75 bits per heavy atom. The first kappa shape index (κ1) is 32.0. The first-order chi connectivity index (χ1) is 27.8. The van der Waals surface area contributed by atoms with Gasteiger partial charge < -0.3 is 14.3 Å². The van der Waals surface area contributed by atoms with E-state index in [1.54, 1.807) is 0 Å². The van der Waals surface area contributed by atoms with E-state index in [-0.39, 0.29) is 6.17 Å². The summed E-state index contributed by atoms with van der Waals surface area (Å²) in [5.74, 6) is 1.40. The minimum atomic E-state index is -0.310. The molecule has 0 bridgehead atoms. The Morgan fingerprint density at radius 1 is 0.464 bits per heavy atom. The van der Waals surface area contributed by atoms with E-state index in [0.717, 1.165) is 83.1 Å². The Labute approximate surface area is 323 Å². The maximum atomic E-state index is 7.10. The minimum Gasteiger partial charge on any atom is -0.455 e. The lowest BCUT2D eigenvalue weighted by Crippen LogP contribution is -2.33. The van der Waals surface area contributed by atoms with Crippen molar-refractivity contribution in [2.45, 2.75) is 6.17 Å². The lowest BCUT2D eigenvalue weighted by Gasteiger charge is -2.23. The number of hydrogen-bond donors (Lipinski definition) is 1. The topological polar surface area (TPSA) is 54.8 Å². The monoisotopic (exact) mass is 718 g/mol. The molecule has 1 aliphatic heterocycles. The van der Waals surface area contributed by atoms with Gasteiger partial charge in [0.25, 0.3) is 0 Å². The summed E-state index contributed by atoms with van der Waals surface area (Å²) in [6.45, 7) is 0. The van der Waals surface area contributed by atoms with E-state index < -0.39 is 0 Å². The average Bonchev–Trinajstić information content (AvgIpc) is 3.83. The minimum absolute atomic E-state index is 0.310. The molecule has 264 valence electrons. The molecular formula is C51H34N4O. The second kappa shape index (κ2) is 13.1. The van der Waals surface area contributed by atoms with Gasteiger partial charge in [-0.15, -0.1) is 0 Å². The maximum Gasteiger partial charge on any atom is 0.159 e. The van der Waals surface area contributed by atoms with Crippen LogP contribution in [-0.4, -0.2) is 16.2 Å². The number of para-hydroxylation sites is 2. The quantitative estimate of drug-likeness (QED) is 0.186. The lowest BCUT2D eigenvalue weighted by atomic mass is 9.98. The van der Waals surface area contributed by atoms with Crippen molar-refractivity contribution in [1.29, 1.82) is 0 Å². The number of rotatable bonds is 6. The van der Waals surface area contributed by atoms with Crippen LogP contribution in [0, 0.1) is 0 Å². The highest BCUT2D eigenvalue weighted by Gasteiger charge is 2.25. The molecular weight excluding hydrogens is 685 g/mol. The third-order valence-corrected chi connectivity index (χ3v) is 10.8. The van der Waals surface area contributed by atoms with Crippen LogP contribution in [0.4, 0.5) is 0 Å². The van der Waals surface area contributed by atoms with Crippen LogP contribution in [0.15, 0.2) is 209 Å². The van der Waals surface area contributed by atoms with Crippen LogP contribution in [0.25, 0.3) is 71.7 Å². The van der Waals surface area contributed by atoms with Gasteiger partial charge in [0, 0.05) is 27.4 Å². The van der Waals surface area contributed by atoms with Gasteiger partial charge in [-0.2, -0.15) is 0 Å². The maximum absolute atomic E-state index is 7.10. The second-order valence-corrected chi connectivity index (χ2v) is 14.2. The second-order valence-electron chi connectivity index (χ2n) is 14.2. The van der Waals surface area contributed by atoms with E-state index in [0.29, 0.717) is 5.84 Å². The number of aliphatic imine (C=N–C) groups is 2. The molecule has 1 unspecified atom stereocenters. The van der Waals surface area contributed by atoms with Crippen molar-refractivity contribution < 1.29 is 4.42 Å². The van der Waals surface area contributed by atoms with Crippen molar-refractivity contribution in [3.8, 4) is 27.9 Å². The van der Waals surface area contributed by atoms with Crippen molar-refractivity contribution in [3.05, 3.63) is 211 Å². The predicted molar refractivity (Wildman–Crippen MR) is 231 cm³/mol. The molecule has 0 spiro atoms. The van der Waals surface area contributed by atoms with Gasteiger partial charge in [-0.3, -0.25) is 0 Å². The zero-order chi connectivity index (χ0) is 37.0. The normalized spacial score (nSPS) is 14.2. The highest BCUT2D eigenvalue weighted by atomic mass is 16.3. The van der Waals surface area contributed by atoms with Gasteiger partial charge in [-0.05, 0) is 70.3 Å². The fourth-order valence-corrected chi connectivity index (χ4v) is 8.22. The third kappa shape index (κ3) is 5.32. The summed E-state index contributed by atoms with van der Waals surface area (Å²) in [4.78, 5) is 10.2. The number of benzene rings is 8. The van der Waals surface area contributed by atoms with E-state index in [1.807, 2.05) is 36.4 Å². The van der Waals surface area contributed by atoms with Crippen LogP contribution < -0.4 is 5.32 Å². The molecule has 56 heavy (non-hydrogen) atoms. The van der Waals surface area contributed by atoms with Crippen LogP contribution >= 0.6 is 0 Å². The highest BCUT2D eigenvalue weighted by molar-refractivity contribution is 6.26. The van der Waals surface area contributed by atoms with Gasteiger partial charge in [0.05, 0.1) is 22.0 Å². The number of nitrogens with one attached hydrogen (secondary N) is 1. The number of aromatic nitrogens is 1. The molecule has 5 nitrogen and oxygen atoms in total. The number of amidine groups is 2. The Balaban J connectivity index is 1.13. The molecule has 0 amide bonds. The molecule has 0 aliphatic carbocycles. The summed E-state index contributed by atoms with van der Waals surface area (Å²) in [5, 5.41) is 7.97. The van der Waals surface area contributed by atoms with Gasteiger partial charge in [0.15, 0.2) is 5.84 Å². The number of fused-ring (bicyclic) bond motifs is 7. The number of furan rings is 1. The molecule has 11 rings (SSSR count). The zero-order valence-electron chi connectivity index (χ0n) is 30.3. The largest absolute Gasteiger partial charge is 0.455 e. The van der Waals surface area contributed by atoms with Gasteiger partial charge in [0.1, 0.15) is 23.2 Å². The van der Waals surface area contributed by atoms with Crippen LogP contribution in [0.3, 0.4) is 0 Å². The van der Waals surface area contributed by atoms with E-state index in [9.17, 15) is 0 Å². The molecule has 0 saturated heterocycles. The summed E-state index contributed by atoms with van der Waals surface area (Å²) in [6.07, 6.45) is -0.310. The van der Waals surface area contributed by atoms with Crippen LogP contribution in [-0.2, 0) is 0 Å². The third-order valence-electron chi connectivity index (χ3n) is 10.8. The Bertz CT molecular complexity index is 3090. The van der Waals surface area contributed by atoms with E-state index in [4.69, 9.17) is 14.4 Å². The number of hydrogen-bond acceptors (Lipinski definition) is 4. The summed E-state index contributed by atoms with van der Waals surface area (Å²) < 4.78 is 9.49. The Kier molecular flexibility index (Phi) is 7.49. The van der Waals surface area contributed by atoms with Crippen LogP contribution in [0.1, 0.15) is 22.9 Å². The van der Waals surface area contributed by atoms with Gasteiger partial charge in [0.2, 0.25) is 0 Å². The van der Waals surface area contributed by atoms with E-state index in [2.05, 4.69) is 168 Å². The van der Waals surface area contributed by atoms with Crippen molar-refractivity contribution >= 4 is 55.4 Å². The molecule has 3 heterocycles. The molecule has 10 aromatic rings. The van der Waals surface area contributed by atoms with Crippen molar-refractivity contribution in [3.63, 3.8) is 0 Å². The fraction of sp³-hybridized carbons (Fsp3) is 0.0196. The van der Waals surface area contributed by atoms with Crippen LogP contribution in [0.5, 0.6) is 0 Å². The molecule has 0 fully saturated rings. The average molecular weight is 719 g/mol. The molecule has 1 atom stereocenters. The van der Waals surface area contributed by atoms with Gasteiger partial charge in [-0.25, -0.2) is 9.98 Å². The smallest absolute Gasteiger partial charge is 0.159 e. The molecule has 1 aliphatic rings. The first-order valence-electron chi connectivity index (χ1n) is 18.9. The molecule has 0 saturated carbocycles. The Morgan fingerprint density at radius 2 is 1.05 bits per heavy atom. The summed E-state index contributed by atoms with van der Waals surface area (Å²) >= 11 is 0. The zero-order valence-corrected chi connectivity index (χ0v) is 30.3. The predicted octanol–water partition coefficient (Wildman–Crippen LogP) is 12.5. The van der Waals surface area contributed by atoms with Crippen molar-refractivity contribution in [2.75, 3.05) is 0 Å².